The predicted octanol–water partition coefficient (Wildman–Crippen LogP) is 4.97. The summed E-state index contributed by atoms with van der Waals surface area (Å²) in [6.07, 6.45) is 7.34. The van der Waals surface area contributed by atoms with Gasteiger partial charge in [0.2, 0.25) is 0 Å². The Balaban J connectivity index is 1.98. The largest absolute Gasteiger partial charge is 0.493 e. The molecular weight excluding hydrogens is 372 g/mol. The van der Waals surface area contributed by atoms with E-state index in [-0.39, 0.29) is 4.90 Å². The Kier molecular flexibility index (Phi) is 8.51. The summed E-state index contributed by atoms with van der Waals surface area (Å²) >= 11 is 0. The van der Waals surface area contributed by atoms with Crippen molar-refractivity contribution in [2.45, 2.75) is 57.8 Å². The van der Waals surface area contributed by atoms with Crippen LogP contribution in [-0.2, 0) is 10.0 Å². The molecule has 0 unspecified atom stereocenters. The first kappa shape index (κ1) is 22.0. The second-order valence-electron chi connectivity index (χ2n) is 6.92. The molecule has 152 valence electrons. The predicted molar refractivity (Wildman–Crippen MR) is 115 cm³/mol. The average Bonchev–Trinajstić information content (AvgIpc) is 2.65. The minimum Gasteiger partial charge on any atom is -0.493 e. The molecule has 0 fully saturated rings. The minimum atomic E-state index is -3.71. The van der Waals surface area contributed by atoms with Gasteiger partial charge in [-0.15, -0.1) is 0 Å². The highest BCUT2D eigenvalue weighted by Crippen LogP contribution is 2.18. The van der Waals surface area contributed by atoms with Crippen LogP contribution in [0, 0.1) is 13.8 Å². The van der Waals surface area contributed by atoms with Gasteiger partial charge in [0.15, 0.2) is 0 Å². The minimum absolute atomic E-state index is 0.229. The zero-order valence-corrected chi connectivity index (χ0v) is 17.8. The molecule has 0 spiro atoms. The van der Waals surface area contributed by atoms with E-state index in [1.54, 1.807) is 19.1 Å². The van der Waals surface area contributed by atoms with Gasteiger partial charge in [-0.05, 0) is 44.0 Å². The summed E-state index contributed by atoms with van der Waals surface area (Å²) in [6, 6.07) is 12.7. The Labute approximate surface area is 168 Å². The third kappa shape index (κ3) is 6.68. The van der Waals surface area contributed by atoms with Gasteiger partial charge in [-0.2, -0.15) is 13.5 Å². The van der Waals surface area contributed by atoms with Crippen molar-refractivity contribution in [2.75, 3.05) is 6.61 Å². The lowest BCUT2D eigenvalue weighted by atomic mass is 10.2. The molecule has 0 aliphatic carbocycles. The zero-order valence-electron chi connectivity index (χ0n) is 16.9. The molecule has 0 aromatic heterocycles. The number of sulfonamides is 1. The third-order valence-corrected chi connectivity index (χ3v) is 5.80. The molecule has 2 rings (SSSR count). The van der Waals surface area contributed by atoms with Crippen LogP contribution in [0.2, 0.25) is 0 Å². The van der Waals surface area contributed by atoms with Crippen LogP contribution >= 0.6 is 0 Å². The quantitative estimate of drug-likeness (QED) is 0.328. The van der Waals surface area contributed by atoms with Crippen molar-refractivity contribution >= 4 is 16.2 Å². The maximum Gasteiger partial charge on any atom is 0.276 e. The van der Waals surface area contributed by atoms with Crippen LogP contribution in [0.15, 0.2) is 52.5 Å². The number of nitrogens with zero attached hydrogens (tertiary/aromatic N) is 1. The molecule has 0 saturated carbocycles. The second-order valence-corrected chi connectivity index (χ2v) is 8.55. The first-order valence-electron chi connectivity index (χ1n) is 9.78. The normalized spacial score (nSPS) is 11.7. The lowest BCUT2D eigenvalue weighted by Crippen LogP contribution is -2.19. The van der Waals surface area contributed by atoms with E-state index < -0.39 is 10.0 Å². The van der Waals surface area contributed by atoms with E-state index >= 15 is 0 Å². The van der Waals surface area contributed by atoms with Crippen LogP contribution in [0.1, 0.15) is 55.7 Å². The highest BCUT2D eigenvalue weighted by molar-refractivity contribution is 7.89. The van der Waals surface area contributed by atoms with E-state index in [4.69, 9.17) is 4.74 Å². The van der Waals surface area contributed by atoms with Gasteiger partial charge in [-0.3, -0.25) is 0 Å². The maximum atomic E-state index is 12.5. The summed E-state index contributed by atoms with van der Waals surface area (Å²) in [4.78, 5) is 2.52. The first-order chi connectivity index (χ1) is 13.4. The molecule has 0 aliphatic rings. The fourth-order valence-electron chi connectivity index (χ4n) is 2.92. The average molecular weight is 403 g/mol. The summed E-state index contributed by atoms with van der Waals surface area (Å²) in [5, 5.41) is 3.94. The summed E-state index contributed by atoms with van der Waals surface area (Å²) in [5.74, 6) is 0.701. The number of hydrogen-bond donors (Lipinski definition) is 1. The number of rotatable bonds is 11. The van der Waals surface area contributed by atoms with Crippen LogP contribution in [0.4, 0.5) is 0 Å². The van der Waals surface area contributed by atoms with Crippen LogP contribution in [-0.4, -0.2) is 21.2 Å². The standard InChI is InChI=1S/C22H30N2O3S/c1-4-5-6-7-10-15-27-21-12-9-8-11-20(21)17-23-24-28(25,26)22-14-13-18(2)16-19(22)3/h8-9,11-14,16-17,24H,4-7,10,15H2,1-3H3/b23-17+. The Bertz CT molecular complexity index is 892. The molecule has 0 heterocycles. The number of hydrazone groups is 1. The lowest BCUT2D eigenvalue weighted by molar-refractivity contribution is 0.304. The molecule has 28 heavy (non-hydrogen) atoms. The van der Waals surface area contributed by atoms with E-state index in [0.717, 1.165) is 24.0 Å². The Morgan fingerprint density at radius 3 is 2.54 bits per heavy atom. The fraction of sp³-hybridized carbons (Fsp3) is 0.409. The molecule has 0 aliphatic heterocycles. The number of benzene rings is 2. The molecule has 1 N–H and O–H groups in total. The van der Waals surface area contributed by atoms with E-state index in [1.807, 2.05) is 37.3 Å². The van der Waals surface area contributed by atoms with Gasteiger partial charge >= 0.3 is 0 Å². The highest BCUT2D eigenvalue weighted by Gasteiger charge is 2.15. The van der Waals surface area contributed by atoms with Gasteiger partial charge in [-0.1, -0.05) is 62.4 Å². The first-order valence-corrected chi connectivity index (χ1v) is 11.3. The summed E-state index contributed by atoms with van der Waals surface area (Å²) in [6.45, 7) is 6.54. The summed E-state index contributed by atoms with van der Waals surface area (Å²) in [5.41, 5.74) is 2.44. The lowest BCUT2D eigenvalue weighted by Gasteiger charge is -2.09. The van der Waals surface area contributed by atoms with E-state index in [1.165, 1.54) is 25.5 Å². The van der Waals surface area contributed by atoms with Crippen LogP contribution < -0.4 is 9.57 Å². The molecule has 2 aromatic carbocycles. The van der Waals surface area contributed by atoms with E-state index in [0.29, 0.717) is 17.9 Å². The highest BCUT2D eigenvalue weighted by atomic mass is 32.2. The molecule has 0 atom stereocenters. The molecule has 6 heteroatoms. The van der Waals surface area contributed by atoms with Crippen molar-refractivity contribution in [3.05, 3.63) is 59.2 Å². The van der Waals surface area contributed by atoms with Crippen LogP contribution in [0.3, 0.4) is 0 Å². The van der Waals surface area contributed by atoms with Crippen molar-refractivity contribution < 1.29 is 13.2 Å². The van der Waals surface area contributed by atoms with Gasteiger partial charge < -0.3 is 4.74 Å². The van der Waals surface area contributed by atoms with Crippen molar-refractivity contribution in [1.29, 1.82) is 0 Å². The number of para-hydroxylation sites is 1. The van der Waals surface area contributed by atoms with Crippen molar-refractivity contribution in [3.8, 4) is 5.75 Å². The monoisotopic (exact) mass is 402 g/mol. The zero-order chi connectivity index (χ0) is 20.4. The molecule has 0 amide bonds. The number of hydrogen-bond acceptors (Lipinski definition) is 4. The molecular formula is C22H30N2O3S. The summed E-state index contributed by atoms with van der Waals surface area (Å²) in [7, 11) is -3.71. The second kappa shape index (κ2) is 10.9. The Morgan fingerprint density at radius 2 is 1.79 bits per heavy atom. The van der Waals surface area contributed by atoms with Gasteiger partial charge in [0, 0.05) is 5.56 Å². The van der Waals surface area contributed by atoms with Crippen molar-refractivity contribution in [3.63, 3.8) is 0 Å². The Hall–Kier alpha value is -2.34. The number of nitrogens with one attached hydrogen (secondary N) is 1. The molecule has 2 aromatic rings. The van der Waals surface area contributed by atoms with Gasteiger partial charge in [-0.25, -0.2) is 4.83 Å². The van der Waals surface area contributed by atoms with Crippen molar-refractivity contribution in [1.82, 2.24) is 4.83 Å². The summed E-state index contributed by atoms with van der Waals surface area (Å²) < 4.78 is 30.8. The maximum absolute atomic E-state index is 12.5. The Morgan fingerprint density at radius 1 is 1.04 bits per heavy atom. The number of aryl methyl sites for hydroxylation is 2. The third-order valence-electron chi connectivity index (χ3n) is 4.42. The van der Waals surface area contributed by atoms with E-state index in [9.17, 15) is 8.42 Å². The number of unbranched alkanes of at least 4 members (excludes halogenated alkanes) is 4. The van der Waals surface area contributed by atoms with Crippen LogP contribution in [0.5, 0.6) is 5.75 Å². The van der Waals surface area contributed by atoms with Gasteiger partial charge in [0.05, 0.1) is 17.7 Å². The van der Waals surface area contributed by atoms with Crippen molar-refractivity contribution in [2.24, 2.45) is 5.10 Å². The van der Waals surface area contributed by atoms with Gasteiger partial charge in [0.1, 0.15) is 5.75 Å². The number of ether oxygens (including phenoxy) is 1. The molecule has 0 bridgehead atoms. The van der Waals surface area contributed by atoms with E-state index in [2.05, 4.69) is 16.9 Å². The SMILES string of the molecule is CCCCCCCOc1ccccc1/C=N/NS(=O)(=O)c1ccc(C)cc1C. The molecule has 0 saturated heterocycles. The smallest absolute Gasteiger partial charge is 0.276 e. The molecule has 0 radical (unpaired) electrons. The topological polar surface area (TPSA) is 67.8 Å². The van der Waals surface area contributed by atoms with Gasteiger partial charge in [0.25, 0.3) is 10.0 Å². The fourth-order valence-corrected chi connectivity index (χ4v) is 3.94. The molecule has 5 nitrogen and oxygen atoms in total. The van der Waals surface area contributed by atoms with Crippen LogP contribution in [0.25, 0.3) is 0 Å².